The predicted octanol–water partition coefficient (Wildman–Crippen LogP) is 2.94. The zero-order valence-electron chi connectivity index (χ0n) is 9.30. The van der Waals surface area contributed by atoms with Crippen molar-refractivity contribution >= 4 is 17.5 Å². The van der Waals surface area contributed by atoms with Gasteiger partial charge in [-0.2, -0.15) is 0 Å². The fourth-order valence-corrected chi connectivity index (χ4v) is 1.01. The third kappa shape index (κ3) is 3.79. The third-order valence-electron chi connectivity index (χ3n) is 1.63. The van der Waals surface area contributed by atoms with Gasteiger partial charge in [-0.3, -0.25) is 9.63 Å². The molecule has 0 heterocycles. The Balaban J connectivity index is 2.70. The fourth-order valence-electron chi connectivity index (χ4n) is 0.896. The molecule has 1 N–H and O–H groups in total. The summed E-state index contributed by atoms with van der Waals surface area (Å²) in [6.07, 6.45) is 0. The molecule has 0 fully saturated rings. The van der Waals surface area contributed by atoms with E-state index in [4.69, 9.17) is 16.4 Å². The Kier molecular flexibility index (Phi) is 3.88. The van der Waals surface area contributed by atoms with Gasteiger partial charge in [0, 0.05) is 5.56 Å². The highest BCUT2D eigenvalue weighted by molar-refractivity contribution is 6.30. The summed E-state index contributed by atoms with van der Waals surface area (Å²) in [5.74, 6) is -1.14. The molecule has 1 rings (SSSR count). The van der Waals surface area contributed by atoms with Crippen molar-refractivity contribution < 1.29 is 14.0 Å². The molecule has 0 aromatic heterocycles. The molecule has 88 valence electrons. The molecular formula is C11H13ClFNO2. The van der Waals surface area contributed by atoms with E-state index in [-0.39, 0.29) is 10.6 Å². The van der Waals surface area contributed by atoms with E-state index < -0.39 is 17.3 Å². The standard InChI is InChI=1S/C11H13ClFNO2/c1-11(2,3)16-14-10(15)7-4-5-8(12)9(13)6-7/h4-6H,1-3H3,(H,14,15). The number of hydroxylamine groups is 1. The maximum absolute atomic E-state index is 13.1. The van der Waals surface area contributed by atoms with Crippen molar-refractivity contribution in [3.63, 3.8) is 0 Å². The van der Waals surface area contributed by atoms with Crippen LogP contribution in [0, 0.1) is 5.82 Å². The highest BCUT2D eigenvalue weighted by atomic mass is 35.5. The van der Waals surface area contributed by atoms with Crippen LogP contribution >= 0.6 is 11.6 Å². The van der Waals surface area contributed by atoms with Crippen LogP contribution in [0.25, 0.3) is 0 Å². The van der Waals surface area contributed by atoms with Gasteiger partial charge in [0.15, 0.2) is 0 Å². The molecule has 1 aromatic rings. The molecule has 1 amide bonds. The Bertz CT molecular complexity index is 401. The number of nitrogens with one attached hydrogen (secondary N) is 1. The molecule has 0 spiro atoms. The van der Waals surface area contributed by atoms with Crippen molar-refractivity contribution in [2.45, 2.75) is 26.4 Å². The number of hydrogen-bond acceptors (Lipinski definition) is 2. The Morgan fingerprint density at radius 2 is 2.06 bits per heavy atom. The largest absolute Gasteiger partial charge is 0.274 e. The first-order valence-electron chi connectivity index (χ1n) is 4.73. The highest BCUT2D eigenvalue weighted by Crippen LogP contribution is 2.15. The normalized spacial score (nSPS) is 11.3. The van der Waals surface area contributed by atoms with Crippen molar-refractivity contribution in [2.75, 3.05) is 0 Å². The Morgan fingerprint density at radius 1 is 1.44 bits per heavy atom. The fraction of sp³-hybridized carbons (Fsp3) is 0.364. The summed E-state index contributed by atoms with van der Waals surface area (Å²) < 4.78 is 13.1. The van der Waals surface area contributed by atoms with Gasteiger partial charge in [0.05, 0.1) is 10.6 Å². The van der Waals surface area contributed by atoms with Crippen LogP contribution in [0.1, 0.15) is 31.1 Å². The summed E-state index contributed by atoms with van der Waals surface area (Å²) in [7, 11) is 0. The summed E-state index contributed by atoms with van der Waals surface area (Å²) in [6.45, 7) is 5.36. The van der Waals surface area contributed by atoms with Crippen molar-refractivity contribution in [1.29, 1.82) is 0 Å². The van der Waals surface area contributed by atoms with Crippen LogP contribution in [0.5, 0.6) is 0 Å². The third-order valence-corrected chi connectivity index (χ3v) is 1.94. The molecule has 0 unspecified atom stereocenters. The van der Waals surface area contributed by atoms with Gasteiger partial charge in [-0.05, 0) is 39.0 Å². The maximum Gasteiger partial charge on any atom is 0.274 e. The monoisotopic (exact) mass is 245 g/mol. The van der Waals surface area contributed by atoms with Crippen LogP contribution in [-0.4, -0.2) is 11.5 Å². The minimum atomic E-state index is -0.634. The number of benzene rings is 1. The minimum absolute atomic E-state index is 0.0201. The Hall–Kier alpha value is -1.13. The molecule has 0 bridgehead atoms. The summed E-state index contributed by atoms with van der Waals surface area (Å²) in [6, 6.07) is 3.80. The van der Waals surface area contributed by atoms with Crippen molar-refractivity contribution in [3.05, 3.63) is 34.6 Å². The van der Waals surface area contributed by atoms with E-state index in [9.17, 15) is 9.18 Å². The zero-order valence-corrected chi connectivity index (χ0v) is 10.1. The first kappa shape index (κ1) is 12.9. The Labute approximate surface area is 98.5 Å². The molecule has 5 heteroatoms. The molecule has 0 radical (unpaired) electrons. The first-order valence-corrected chi connectivity index (χ1v) is 5.11. The van der Waals surface area contributed by atoms with Gasteiger partial charge in [0.1, 0.15) is 5.82 Å². The summed E-state index contributed by atoms with van der Waals surface area (Å²) in [5, 5.41) is -0.0201. The molecule has 0 saturated heterocycles. The quantitative estimate of drug-likeness (QED) is 0.814. The maximum atomic E-state index is 13.1. The van der Waals surface area contributed by atoms with Crippen LogP contribution in [0.2, 0.25) is 5.02 Å². The van der Waals surface area contributed by atoms with E-state index in [2.05, 4.69) is 5.48 Å². The number of carbonyl (C=O) groups is 1. The minimum Gasteiger partial charge on any atom is -0.268 e. The van der Waals surface area contributed by atoms with Crippen molar-refractivity contribution in [1.82, 2.24) is 5.48 Å². The number of carbonyl (C=O) groups excluding carboxylic acids is 1. The van der Waals surface area contributed by atoms with Crippen LogP contribution in [0.3, 0.4) is 0 Å². The van der Waals surface area contributed by atoms with E-state index in [1.807, 2.05) is 0 Å². The van der Waals surface area contributed by atoms with Gasteiger partial charge in [0.2, 0.25) is 0 Å². The van der Waals surface area contributed by atoms with Crippen molar-refractivity contribution in [3.8, 4) is 0 Å². The van der Waals surface area contributed by atoms with Gasteiger partial charge in [-0.15, -0.1) is 0 Å². The number of halogens is 2. The van der Waals surface area contributed by atoms with Gasteiger partial charge < -0.3 is 0 Å². The number of rotatable bonds is 2. The number of amides is 1. The second kappa shape index (κ2) is 4.80. The highest BCUT2D eigenvalue weighted by Gasteiger charge is 2.14. The average molecular weight is 246 g/mol. The van der Waals surface area contributed by atoms with Crippen LogP contribution < -0.4 is 5.48 Å². The van der Waals surface area contributed by atoms with Gasteiger partial charge in [0.25, 0.3) is 5.91 Å². The van der Waals surface area contributed by atoms with Crippen LogP contribution in [0.4, 0.5) is 4.39 Å². The second-order valence-electron chi connectivity index (χ2n) is 4.27. The molecule has 3 nitrogen and oxygen atoms in total. The number of hydrogen-bond donors (Lipinski definition) is 1. The first-order chi connectivity index (χ1) is 7.29. The van der Waals surface area contributed by atoms with Gasteiger partial charge in [-0.1, -0.05) is 11.6 Å². The van der Waals surface area contributed by atoms with Gasteiger partial charge >= 0.3 is 0 Å². The topological polar surface area (TPSA) is 38.3 Å². The van der Waals surface area contributed by atoms with E-state index in [1.165, 1.54) is 12.1 Å². The van der Waals surface area contributed by atoms with E-state index in [0.29, 0.717) is 0 Å². The van der Waals surface area contributed by atoms with Crippen LogP contribution in [-0.2, 0) is 4.84 Å². The molecule has 0 aliphatic carbocycles. The predicted molar refractivity (Wildman–Crippen MR) is 59.7 cm³/mol. The smallest absolute Gasteiger partial charge is 0.268 e. The summed E-state index contributed by atoms with van der Waals surface area (Å²) >= 11 is 5.50. The lowest BCUT2D eigenvalue weighted by molar-refractivity contribution is -0.0589. The van der Waals surface area contributed by atoms with Gasteiger partial charge in [-0.25, -0.2) is 9.87 Å². The van der Waals surface area contributed by atoms with Crippen molar-refractivity contribution in [2.24, 2.45) is 0 Å². The SMILES string of the molecule is CC(C)(C)ONC(=O)c1ccc(Cl)c(F)c1. The van der Waals surface area contributed by atoms with Crippen LogP contribution in [0.15, 0.2) is 18.2 Å². The Morgan fingerprint density at radius 3 is 2.56 bits per heavy atom. The van der Waals surface area contributed by atoms with E-state index in [1.54, 1.807) is 20.8 Å². The molecular weight excluding hydrogens is 233 g/mol. The molecule has 16 heavy (non-hydrogen) atoms. The summed E-state index contributed by atoms with van der Waals surface area (Å²) in [4.78, 5) is 16.6. The lowest BCUT2D eigenvalue weighted by atomic mass is 10.2. The average Bonchev–Trinajstić information content (AvgIpc) is 2.17. The molecule has 0 atom stereocenters. The molecule has 0 aliphatic rings. The lowest BCUT2D eigenvalue weighted by Crippen LogP contribution is -2.33. The van der Waals surface area contributed by atoms with E-state index in [0.717, 1.165) is 6.07 Å². The molecule has 1 aromatic carbocycles. The molecule has 0 saturated carbocycles. The van der Waals surface area contributed by atoms with E-state index >= 15 is 0 Å². The second-order valence-corrected chi connectivity index (χ2v) is 4.68. The molecule has 0 aliphatic heterocycles. The zero-order chi connectivity index (χ0) is 12.3. The lowest BCUT2D eigenvalue weighted by Gasteiger charge is -2.18. The summed E-state index contributed by atoms with van der Waals surface area (Å²) in [5.41, 5.74) is 1.90.